The van der Waals surface area contributed by atoms with Crippen molar-refractivity contribution < 1.29 is 19.1 Å². The Morgan fingerprint density at radius 1 is 1.29 bits per heavy atom. The van der Waals surface area contributed by atoms with Gasteiger partial charge in [0.25, 0.3) is 5.91 Å². The predicted octanol–water partition coefficient (Wildman–Crippen LogP) is 2.29. The molecule has 110 valence electrons. The number of carbonyl (C=O) groups excluding carboxylic acids is 1. The van der Waals surface area contributed by atoms with Gasteiger partial charge in [0.1, 0.15) is 11.5 Å². The zero-order valence-corrected chi connectivity index (χ0v) is 11.2. The minimum Gasteiger partial charge on any atom is -0.481 e. The number of aromatic nitrogens is 1. The molecule has 2 atom stereocenters. The van der Waals surface area contributed by atoms with Gasteiger partial charge in [-0.1, -0.05) is 0 Å². The number of fused-ring (bicyclic) bond motifs is 1. The van der Waals surface area contributed by atoms with Gasteiger partial charge < -0.3 is 15.4 Å². The lowest BCUT2D eigenvalue weighted by molar-refractivity contribution is -0.141. The fourth-order valence-corrected chi connectivity index (χ4v) is 2.83. The van der Waals surface area contributed by atoms with E-state index in [4.69, 9.17) is 5.11 Å². The number of benzene rings is 1. The lowest BCUT2D eigenvalue weighted by Crippen LogP contribution is -2.33. The van der Waals surface area contributed by atoms with E-state index in [2.05, 4.69) is 10.3 Å². The van der Waals surface area contributed by atoms with Crippen molar-refractivity contribution in [1.29, 1.82) is 0 Å². The third kappa shape index (κ3) is 2.74. The molecule has 2 aromatic rings. The van der Waals surface area contributed by atoms with Crippen LogP contribution in [0.25, 0.3) is 10.9 Å². The number of H-pyrrole nitrogens is 1. The van der Waals surface area contributed by atoms with Crippen LogP contribution in [0.2, 0.25) is 0 Å². The Balaban J connectivity index is 1.71. The molecule has 1 amide bonds. The zero-order chi connectivity index (χ0) is 15.0. The molecule has 1 aromatic carbocycles. The van der Waals surface area contributed by atoms with Gasteiger partial charge >= 0.3 is 5.97 Å². The third-order valence-electron chi connectivity index (χ3n) is 3.94. The van der Waals surface area contributed by atoms with Gasteiger partial charge in [-0.3, -0.25) is 9.59 Å². The zero-order valence-electron chi connectivity index (χ0n) is 11.2. The minimum absolute atomic E-state index is 0.123. The Labute approximate surface area is 120 Å². The van der Waals surface area contributed by atoms with E-state index in [1.165, 1.54) is 12.1 Å². The van der Waals surface area contributed by atoms with Crippen LogP contribution in [0.5, 0.6) is 0 Å². The molecule has 1 saturated carbocycles. The highest BCUT2D eigenvalue weighted by Gasteiger charge is 2.30. The van der Waals surface area contributed by atoms with Gasteiger partial charge in [0, 0.05) is 16.9 Å². The van der Waals surface area contributed by atoms with E-state index in [0.29, 0.717) is 35.9 Å². The van der Waals surface area contributed by atoms with Gasteiger partial charge in [-0.15, -0.1) is 0 Å². The molecule has 0 unspecified atom stereocenters. The minimum atomic E-state index is -0.812. The molecule has 1 aliphatic carbocycles. The van der Waals surface area contributed by atoms with Crippen molar-refractivity contribution in [2.45, 2.75) is 25.3 Å². The van der Waals surface area contributed by atoms with Gasteiger partial charge in [-0.2, -0.15) is 0 Å². The number of carboxylic acids is 1. The summed E-state index contributed by atoms with van der Waals surface area (Å²) in [6, 6.07) is 5.74. The summed E-state index contributed by atoms with van der Waals surface area (Å²) in [5, 5.41) is 12.4. The number of rotatable bonds is 3. The quantitative estimate of drug-likeness (QED) is 0.811. The number of halogens is 1. The molecular formula is C15H15FN2O3. The topological polar surface area (TPSA) is 82.2 Å². The van der Waals surface area contributed by atoms with Crippen LogP contribution in [0.4, 0.5) is 4.39 Å². The Hall–Kier alpha value is -2.37. The molecule has 0 radical (unpaired) electrons. The molecule has 0 saturated heterocycles. The molecule has 6 heteroatoms. The first-order valence-electron chi connectivity index (χ1n) is 6.85. The molecular weight excluding hydrogens is 275 g/mol. The number of hydrogen-bond donors (Lipinski definition) is 3. The first kappa shape index (κ1) is 13.6. The Morgan fingerprint density at radius 2 is 2.10 bits per heavy atom. The van der Waals surface area contributed by atoms with Crippen molar-refractivity contribution in [2.75, 3.05) is 0 Å². The van der Waals surface area contributed by atoms with Crippen LogP contribution in [0, 0.1) is 11.7 Å². The van der Waals surface area contributed by atoms with E-state index in [-0.39, 0.29) is 23.7 Å². The average molecular weight is 290 g/mol. The SMILES string of the molecule is O=C(N[C@@H]1CC[C@H](C(=O)O)C1)c1cc2cc(F)ccc2[nH]1. The van der Waals surface area contributed by atoms with Crippen LogP contribution < -0.4 is 5.32 Å². The predicted molar refractivity (Wildman–Crippen MR) is 74.5 cm³/mol. The Kier molecular flexibility index (Phi) is 3.37. The maximum absolute atomic E-state index is 13.1. The van der Waals surface area contributed by atoms with Crippen LogP contribution in [0.1, 0.15) is 29.8 Å². The van der Waals surface area contributed by atoms with Crippen LogP contribution in [-0.4, -0.2) is 28.0 Å². The molecule has 3 N–H and O–H groups in total. The monoisotopic (exact) mass is 290 g/mol. The molecule has 0 bridgehead atoms. The first-order valence-corrected chi connectivity index (χ1v) is 6.85. The molecule has 1 fully saturated rings. The number of hydrogen-bond acceptors (Lipinski definition) is 2. The lowest BCUT2D eigenvalue weighted by Gasteiger charge is -2.11. The van der Waals surface area contributed by atoms with Crippen LogP contribution in [0.3, 0.4) is 0 Å². The molecule has 5 nitrogen and oxygen atoms in total. The first-order chi connectivity index (χ1) is 10.0. The largest absolute Gasteiger partial charge is 0.481 e. The van der Waals surface area contributed by atoms with E-state index < -0.39 is 5.97 Å². The number of carbonyl (C=O) groups is 2. The standard InChI is InChI=1S/C15H15FN2O3/c16-10-2-4-12-9(5-10)7-13(18-12)14(19)17-11-3-1-8(6-11)15(20)21/h2,4-5,7-8,11,18H,1,3,6H2,(H,17,19)(H,20,21)/t8-,11+/m0/s1. The van der Waals surface area contributed by atoms with Gasteiger partial charge in [0.2, 0.25) is 0 Å². The van der Waals surface area contributed by atoms with E-state index in [1.54, 1.807) is 12.1 Å². The van der Waals surface area contributed by atoms with Crippen molar-refractivity contribution in [3.63, 3.8) is 0 Å². The molecule has 0 spiro atoms. The third-order valence-corrected chi connectivity index (χ3v) is 3.94. The highest BCUT2D eigenvalue weighted by Crippen LogP contribution is 2.26. The Morgan fingerprint density at radius 3 is 2.81 bits per heavy atom. The molecule has 21 heavy (non-hydrogen) atoms. The number of amides is 1. The van der Waals surface area contributed by atoms with E-state index in [0.717, 1.165) is 0 Å². The number of nitrogens with one attached hydrogen (secondary N) is 2. The maximum atomic E-state index is 13.1. The number of aromatic amines is 1. The fourth-order valence-electron chi connectivity index (χ4n) is 2.83. The molecule has 3 rings (SSSR count). The number of aliphatic carboxylic acids is 1. The summed E-state index contributed by atoms with van der Waals surface area (Å²) in [7, 11) is 0. The van der Waals surface area contributed by atoms with E-state index in [9.17, 15) is 14.0 Å². The second-order valence-corrected chi connectivity index (χ2v) is 5.43. The van der Waals surface area contributed by atoms with Crippen LogP contribution in [0.15, 0.2) is 24.3 Å². The second-order valence-electron chi connectivity index (χ2n) is 5.43. The lowest BCUT2D eigenvalue weighted by atomic mass is 10.1. The van der Waals surface area contributed by atoms with Gasteiger partial charge in [0.05, 0.1) is 5.92 Å². The molecule has 0 aliphatic heterocycles. The molecule has 1 heterocycles. The van der Waals surface area contributed by atoms with Crippen LogP contribution in [-0.2, 0) is 4.79 Å². The highest BCUT2D eigenvalue weighted by molar-refractivity contribution is 5.98. The van der Waals surface area contributed by atoms with E-state index >= 15 is 0 Å². The van der Waals surface area contributed by atoms with Gasteiger partial charge in [-0.05, 0) is 43.5 Å². The summed E-state index contributed by atoms with van der Waals surface area (Å²) in [6.07, 6.45) is 1.70. The maximum Gasteiger partial charge on any atom is 0.306 e. The van der Waals surface area contributed by atoms with E-state index in [1.807, 2.05) is 0 Å². The number of carboxylic acid groups (broad SMARTS) is 1. The second kappa shape index (κ2) is 5.20. The fraction of sp³-hybridized carbons (Fsp3) is 0.333. The average Bonchev–Trinajstić information content (AvgIpc) is 3.04. The summed E-state index contributed by atoms with van der Waals surface area (Å²) in [5.74, 6) is -1.84. The van der Waals surface area contributed by atoms with Gasteiger partial charge in [-0.25, -0.2) is 4.39 Å². The van der Waals surface area contributed by atoms with Crippen molar-refractivity contribution >= 4 is 22.8 Å². The molecule has 1 aromatic heterocycles. The summed E-state index contributed by atoms with van der Waals surface area (Å²) in [4.78, 5) is 26.0. The van der Waals surface area contributed by atoms with Crippen molar-refractivity contribution in [2.24, 2.45) is 5.92 Å². The normalized spacial score (nSPS) is 21.6. The van der Waals surface area contributed by atoms with Crippen molar-refractivity contribution in [1.82, 2.24) is 10.3 Å². The summed E-state index contributed by atoms with van der Waals surface area (Å²) in [6.45, 7) is 0. The summed E-state index contributed by atoms with van der Waals surface area (Å²) >= 11 is 0. The van der Waals surface area contributed by atoms with Crippen LogP contribution >= 0.6 is 0 Å². The summed E-state index contributed by atoms with van der Waals surface area (Å²) in [5.41, 5.74) is 1.05. The van der Waals surface area contributed by atoms with Gasteiger partial charge in [0.15, 0.2) is 0 Å². The van der Waals surface area contributed by atoms with Crippen molar-refractivity contribution in [3.8, 4) is 0 Å². The summed E-state index contributed by atoms with van der Waals surface area (Å²) < 4.78 is 13.1. The van der Waals surface area contributed by atoms with Crippen molar-refractivity contribution in [3.05, 3.63) is 35.8 Å². The Bertz CT molecular complexity index is 710. The molecule has 1 aliphatic rings. The highest BCUT2D eigenvalue weighted by atomic mass is 19.1. The smallest absolute Gasteiger partial charge is 0.306 e.